The average Bonchev–Trinajstić information content (AvgIpc) is 3.21. The maximum Gasteiger partial charge on any atom is 0.139 e. The molecule has 0 saturated carbocycles. The highest BCUT2D eigenvalue weighted by Gasteiger charge is 2.39. The summed E-state index contributed by atoms with van der Waals surface area (Å²) >= 11 is 0. The number of fused-ring (bicyclic) bond motifs is 1. The van der Waals surface area contributed by atoms with E-state index in [9.17, 15) is 5.11 Å². The first-order valence-electron chi connectivity index (χ1n) is 9.24. The fourth-order valence-corrected chi connectivity index (χ4v) is 4.57. The first-order chi connectivity index (χ1) is 12.4. The number of aliphatic hydroxyl groups excluding tert-OH is 1. The summed E-state index contributed by atoms with van der Waals surface area (Å²) in [5.41, 5.74) is 23.0. The zero-order chi connectivity index (χ0) is 18.5. The summed E-state index contributed by atoms with van der Waals surface area (Å²) in [4.78, 5) is 0. The van der Waals surface area contributed by atoms with E-state index in [0.29, 0.717) is 6.42 Å². The van der Waals surface area contributed by atoms with Gasteiger partial charge in [0, 0.05) is 12.5 Å². The Labute approximate surface area is 153 Å². The Morgan fingerprint density at radius 3 is 2.81 bits per heavy atom. The van der Waals surface area contributed by atoms with E-state index in [4.69, 9.17) is 26.7 Å². The molecule has 0 spiro atoms. The Morgan fingerprint density at radius 1 is 1.27 bits per heavy atom. The molecule has 7 N–H and O–H groups in total. The molecule has 6 heteroatoms. The van der Waals surface area contributed by atoms with Gasteiger partial charge < -0.3 is 14.6 Å². The van der Waals surface area contributed by atoms with Crippen molar-refractivity contribution in [2.45, 2.75) is 44.5 Å². The van der Waals surface area contributed by atoms with Gasteiger partial charge in [0.2, 0.25) is 0 Å². The number of benzene rings is 1. The first-order valence-corrected chi connectivity index (χ1v) is 9.24. The van der Waals surface area contributed by atoms with Crippen molar-refractivity contribution in [3.63, 3.8) is 0 Å². The van der Waals surface area contributed by atoms with Gasteiger partial charge in [-0.15, -0.1) is 0 Å². The van der Waals surface area contributed by atoms with Gasteiger partial charge in [-0.1, -0.05) is 13.0 Å². The van der Waals surface area contributed by atoms with Crippen molar-refractivity contribution in [3.05, 3.63) is 46.1 Å². The van der Waals surface area contributed by atoms with Gasteiger partial charge >= 0.3 is 0 Å². The molecule has 1 aromatic carbocycles. The smallest absolute Gasteiger partial charge is 0.139 e. The zero-order valence-corrected chi connectivity index (χ0v) is 15.1. The second-order valence-corrected chi connectivity index (χ2v) is 7.60. The van der Waals surface area contributed by atoms with E-state index in [2.05, 4.69) is 13.0 Å². The first kappa shape index (κ1) is 17.5. The fraction of sp³-hybridized carbons (Fsp3) is 0.500. The van der Waals surface area contributed by atoms with E-state index in [1.165, 1.54) is 11.1 Å². The van der Waals surface area contributed by atoms with Gasteiger partial charge in [0.05, 0.1) is 13.2 Å². The van der Waals surface area contributed by atoms with Crippen molar-refractivity contribution in [2.75, 3.05) is 13.2 Å². The van der Waals surface area contributed by atoms with Crippen LogP contribution >= 0.6 is 0 Å². The highest BCUT2D eigenvalue weighted by Crippen LogP contribution is 2.46. The number of rotatable bonds is 4. The molecule has 3 aliphatic rings. The van der Waals surface area contributed by atoms with Crippen LogP contribution in [0.2, 0.25) is 0 Å². The normalized spacial score (nSPS) is 25.3. The number of hydrogen-bond acceptors (Lipinski definition) is 6. The molecule has 0 saturated heterocycles. The zero-order valence-electron chi connectivity index (χ0n) is 15.1. The second-order valence-electron chi connectivity index (χ2n) is 7.60. The summed E-state index contributed by atoms with van der Waals surface area (Å²) in [5, 5.41) is 9.92. The molecule has 2 aliphatic carbocycles. The molecular formula is C20H27N3O3. The molecule has 140 valence electrons. The van der Waals surface area contributed by atoms with Gasteiger partial charge in [0.1, 0.15) is 23.4 Å². The molecule has 0 amide bonds. The van der Waals surface area contributed by atoms with Crippen molar-refractivity contribution in [1.29, 1.82) is 0 Å². The van der Waals surface area contributed by atoms with E-state index in [-0.39, 0.29) is 18.6 Å². The molecule has 1 aliphatic heterocycles. The van der Waals surface area contributed by atoms with Crippen LogP contribution in [0.3, 0.4) is 0 Å². The quantitative estimate of drug-likeness (QED) is 0.604. The van der Waals surface area contributed by atoms with Crippen molar-refractivity contribution >= 4 is 0 Å². The Balaban J connectivity index is 1.64. The van der Waals surface area contributed by atoms with Crippen LogP contribution in [0, 0.1) is 5.92 Å². The lowest BCUT2D eigenvalue weighted by Crippen LogP contribution is -2.60. The molecule has 26 heavy (non-hydrogen) atoms. The SMILES string of the molecule is CC1CC(C(N)(N)N)=C(CO)C2=C1[C@H](Oc1ccc3c(c1)OCC3)CC2. The van der Waals surface area contributed by atoms with Crippen molar-refractivity contribution in [1.82, 2.24) is 0 Å². The monoisotopic (exact) mass is 357 g/mol. The molecule has 0 bridgehead atoms. The highest BCUT2D eigenvalue weighted by molar-refractivity contribution is 5.51. The summed E-state index contributed by atoms with van der Waals surface area (Å²) in [7, 11) is 0. The Bertz CT molecular complexity index is 792. The van der Waals surface area contributed by atoms with E-state index in [0.717, 1.165) is 54.1 Å². The third-order valence-corrected chi connectivity index (χ3v) is 5.75. The second kappa shape index (κ2) is 6.39. The van der Waals surface area contributed by atoms with Crippen LogP contribution in [-0.2, 0) is 6.42 Å². The molecule has 1 aromatic rings. The minimum atomic E-state index is -1.40. The highest BCUT2D eigenvalue weighted by atomic mass is 16.5. The molecule has 1 heterocycles. The van der Waals surface area contributed by atoms with Crippen LogP contribution in [-0.4, -0.2) is 30.2 Å². The van der Waals surface area contributed by atoms with Crippen LogP contribution < -0.4 is 26.7 Å². The lowest BCUT2D eigenvalue weighted by Gasteiger charge is -2.34. The Kier molecular flexibility index (Phi) is 4.31. The van der Waals surface area contributed by atoms with Crippen LogP contribution in [0.1, 0.15) is 31.7 Å². The minimum absolute atomic E-state index is 0.00900. The summed E-state index contributed by atoms with van der Waals surface area (Å²) < 4.78 is 12.0. The van der Waals surface area contributed by atoms with Gasteiger partial charge in [-0.3, -0.25) is 17.2 Å². The van der Waals surface area contributed by atoms with Crippen molar-refractivity contribution in [2.24, 2.45) is 23.1 Å². The number of ether oxygens (including phenoxy) is 2. The predicted molar refractivity (Wildman–Crippen MR) is 99.5 cm³/mol. The molecular weight excluding hydrogens is 330 g/mol. The largest absolute Gasteiger partial charge is 0.493 e. The maximum absolute atomic E-state index is 9.92. The van der Waals surface area contributed by atoms with Gasteiger partial charge in [-0.05, 0) is 59.1 Å². The molecule has 4 rings (SSSR count). The van der Waals surface area contributed by atoms with Gasteiger partial charge in [0.25, 0.3) is 0 Å². The van der Waals surface area contributed by atoms with Crippen molar-refractivity contribution < 1.29 is 14.6 Å². The predicted octanol–water partition coefficient (Wildman–Crippen LogP) is 1.32. The minimum Gasteiger partial charge on any atom is -0.493 e. The van der Waals surface area contributed by atoms with Crippen LogP contribution in [0.5, 0.6) is 11.5 Å². The van der Waals surface area contributed by atoms with Crippen LogP contribution in [0.25, 0.3) is 0 Å². The van der Waals surface area contributed by atoms with Crippen LogP contribution in [0.4, 0.5) is 0 Å². The van der Waals surface area contributed by atoms with E-state index < -0.39 is 5.79 Å². The van der Waals surface area contributed by atoms with E-state index in [1.54, 1.807) is 0 Å². The van der Waals surface area contributed by atoms with Crippen molar-refractivity contribution in [3.8, 4) is 11.5 Å². The standard InChI is InChI=1S/C20H27N3O3/c1-11-8-16(20(21,22)23)15(10-24)14-4-5-17(19(11)14)26-13-3-2-12-6-7-25-18(12)9-13/h2-3,9,11,17,24H,4-8,10,21-23H2,1H3/t11?,17-/m1/s1. The number of nitrogens with two attached hydrogens (primary N) is 3. The molecule has 1 unspecified atom stereocenters. The van der Waals surface area contributed by atoms with E-state index in [1.807, 2.05) is 12.1 Å². The summed E-state index contributed by atoms with van der Waals surface area (Å²) in [5.74, 6) is 0.566. The summed E-state index contributed by atoms with van der Waals surface area (Å²) in [6, 6.07) is 6.07. The fourth-order valence-electron chi connectivity index (χ4n) is 4.57. The summed E-state index contributed by atoms with van der Waals surface area (Å²) in [6.45, 7) is 2.78. The average molecular weight is 357 g/mol. The Hall–Kier alpha value is -1.86. The maximum atomic E-state index is 9.92. The lowest BCUT2D eigenvalue weighted by atomic mass is 9.78. The van der Waals surface area contributed by atoms with Gasteiger partial charge in [0.15, 0.2) is 0 Å². The molecule has 0 radical (unpaired) electrons. The molecule has 6 nitrogen and oxygen atoms in total. The van der Waals surface area contributed by atoms with Gasteiger partial charge in [-0.2, -0.15) is 0 Å². The van der Waals surface area contributed by atoms with E-state index >= 15 is 0 Å². The lowest BCUT2D eigenvalue weighted by molar-refractivity contribution is 0.223. The number of aliphatic hydroxyl groups is 1. The Morgan fingerprint density at radius 2 is 2.08 bits per heavy atom. The third-order valence-electron chi connectivity index (χ3n) is 5.75. The molecule has 2 atom stereocenters. The topological polar surface area (TPSA) is 117 Å². The number of hydrogen-bond donors (Lipinski definition) is 4. The van der Waals surface area contributed by atoms with Crippen LogP contribution in [0.15, 0.2) is 40.5 Å². The molecule has 0 fully saturated rings. The van der Waals surface area contributed by atoms with Gasteiger partial charge in [-0.25, -0.2) is 0 Å². The molecule has 0 aromatic heterocycles. The summed E-state index contributed by atoms with van der Waals surface area (Å²) in [6.07, 6.45) is 3.30. The third kappa shape index (κ3) is 2.93.